The molecule has 0 spiro atoms. The van der Waals surface area contributed by atoms with Crippen molar-refractivity contribution in [2.45, 2.75) is 23.2 Å². The Morgan fingerprint density at radius 3 is 2.44 bits per heavy atom. The van der Waals surface area contributed by atoms with Gasteiger partial charge in [0.15, 0.2) is 21.4 Å². The van der Waals surface area contributed by atoms with E-state index in [1.54, 1.807) is 18.2 Å². The van der Waals surface area contributed by atoms with Gasteiger partial charge in [-0.2, -0.15) is 13.2 Å². The van der Waals surface area contributed by atoms with Gasteiger partial charge in [0.2, 0.25) is 0 Å². The lowest BCUT2D eigenvalue weighted by Gasteiger charge is -2.32. The standard InChI is InChI=1S/C31H31F4N3O4S/c1-37-14-16-38(17-15-37)13-4-18-41-23-8-9-27-24(20-23)28(11-12-36-27)42-29-10-7-22(19-26(29)32)21-43(39,40)30-6-3-2-5-25(30)31(33,34)35/h2-3,5-12,19-20H,4,13-18,21H2,1H3. The zero-order valence-corrected chi connectivity index (χ0v) is 24.3. The molecule has 0 aliphatic carbocycles. The normalized spacial score (nSPS) is 15.1. The van der Waals surface area contributed by atoms with Crippen LogP contribution >= 0.6 is 0 Å². The fourth-order valence-corrected chi connectivity index (χ4v) is 6.51. The third-order valence-corrected chi connectivity index (χ3v) is 9.00. The monoisotopic (exact) mass is 617 g/mol. The van der Waals surface area contributed by atoms with Crippen LogP contribution in [0, 0.1) is 5.82 Å². The third-order valence-electron chi connectivity index (χ3n) is 7.26. The van der Waals surface area contributed by atoms with Crippen molar-refractivity contribution in [1.29, 1.82) is 0 Å². The lowest BCUT2D eigenvalue weighted by molar-refractivity contribution is -0.139. The highest BCUT2D eigenvalue weighted by Crippen LogP contribution is 2.36. The topological polar surface area (TPSA) is 72.0 Å². The first-order chi connectivity index (χ1) is 20.5. The minimum absolute atomic E-state index is 0.0197. The Labute approximate surface area is 247 Å². The Hall–Kier alpha value is -3.74. The molecule has 0 radical (unpaired) electrons. The third kappa shape index (κ3) is 7.62. The molecule has 4 aromatic rings. The summed E-state index contributed by atoms with van der Waals surface area (Å²) in [6, 6.07) is 14.4. The number of fused-ring (bicyclic) bond motifs is 1. The van der Waals surface area contributed by atoms with Crippen LogP contribution in [0.2, 0.25) is 0 Å². The first-order valence-corrected chi connectivity index (χ1v) is 15.4. The number of piperazine rings is 1. The fourth-order valence-electron chi connectivity index (χ4n) is 4.93. The smallest absolute Gasteiger partial charge is 0.417 e. The number of aromatic nitrogens is 1. The van der Waals surface area contributed by atoms with Gasteiger partial charge in [-0.3, -0.25) is 4.98 Å². The van der Waals surface area contributed by atoms with Gasteiger partial charge in [-0.15, -0.1) is 0 Å². The summed E-state index contributed by atoms with van der Waals surface area (Å²) in [6.07, 6.45) is -2.46. The highest BCUT2D eigenvalue weighted by Gasteiger charge is 2.36. The lowest BCUT2D eigenvalue weighted by Crippen LogP contribution is -2.44. The summed E-state index contributed by atoms with van der Waals surface area (Å²) in [7, 11) is -2.30. The van der Waals surface area contributed by atoms with E-state index in [1.165, 1.54) is 24.4 Å². The first kappa shape index (κ1) is 30.7. The van der Waals surface area contributed by atoms with E-state index >= 15 is 4.39 Å². The summed E-state index contributed by atoms with van der Waals surface area (Å²) < 4.78 is 92.7. The van der Waals surface area contributed by atoms with E-state index in [1.807, 2.05) is 6.07 Å². The number of rotatable bonds is 10. The van der Waals surface area contributed by atoms with Crippen LogP contribution in [0.3, 0.4) is 0 Å². The summed E-state index contributed by atoms with van der Waals surface area (Å²) in [5.41, 5.74) is -0.680. The molecule has 2 heterocycles. The van der Waals surface area contributed by atoms with Crippen molar-refractivity contribution in [1.82, 2.24) is 14.8 Å². The van der Waals surface area contributed by atoms with E-state index in [0.29, 0.717) is 35.1 Å². The summed E-state index contributed by atoms with van der Waals surface area (Å²) >= 11 is 0. The molecular formula is C31H31F4N3O4S. The average molecular weight is 618 g/mol. The number of hydrogen-bond acceptors (Lipinski definition) is 7. The molecule has 0 atom stereocenters. The highest BCUT2D eigenvalue weighted by molar-refractivity contribution is 7.90. The molecule has 0 bridgehead atoms. The van der Waals surface area contributed by atoms with Gasteiger partial charge in [0.1, 0.15) is 11.5 Å². The molecule has 1 aromatic heterocycles. The first-order valence-electron chi connectivity index (χ1n) is 13.8. The van der Waals surface area contributed by atoms with Crippen molar-refractivity contribution < 1.29 is 35.5 Å². The second kappa shape index (κ2) is 12.9. The zero-order valence-electron chi connectivity index (χ0n) is 23.5. The van der Waals surface area contributed by atoms with Crippen LogP contribution < -0.4 is 9.47 Å². The minimum Gasteiger partial charge on any atom is -0.494 e. The quantitative estimate of drug-likeness (QED) is 0.156. The molecule has 12 heteroatoms. The number of ether oxygens (including phenoxy) is 2. The van der Waals surface area contributed by atoms with Gasteiger partial charge in [-0.05, 0) is 67.6 Å². The van der Waals surface area contributed by atoms with Gasteiger partial charge in [0, 0.05) is 44.3 Å². The van der Waals surface area contributed by atoms with Crippen molar-refractivity contribution in [3.63, 3.8) is 0 Å². The van der Waals surface area contributed by atoms with Crippen molar-refractivity contribution in [2.75, 3.05) is 46.4 Å². The number of halogens is 4. The van der Waals surface area contributed by atoms with Crippen LogP contribution in [0.15, 0.2) is 77.8 Å². The SMILES string of the molecule is CN1CCN(CCCOc2ccc3nccc(Oc4ccc(CS(=O)(=O)c5ccccc5C(F)(F)F)cc4F)c3c2)CC1. The minimum atomic E-state index is -4.85. The van der Waals surface area contributed by atoms with E-state index in [-0.39, 0.29) is 11.3 Å². The van der Waals surface area contributed by atoms with Gasteiger partial charge in [-0.25, -0.2) is 12.8 Å². The number of alkyl halides is 3. The summed E-state index contributed by atoms with van der Waals surface area (Å²) in [5.74, 6) is -0.929. The van der Waals surface area contributed by atoms with Crippen molar-refractivity contribution in [2.24, 2.45) is 0 Å². The molecule has 7 nitrogen and oxygen atoms in total. The predicted octanol–water partition coefficient (Wildman–Crippen LogP) is 6.18. The Morgan fingerprint density at radius 1 is 0.930 bits per heavy atom. The Balaban J connectivity index is 1.27. The maximum absolute atomic E-state index is 15.1. The number of likely N-dealkylation sites (N-methyl/N-ethyl adjacent to an activating group) is 1. The molecule has 1 aliphatic rings. The molecule has 0 saturated carbocycles. The maximum atomic E-state index is 15.1. The second-order valence-electron chi connectivity index (χ2n) is 10.5. The number of hydrogen-bond donors (Lipinski definition) is 0. The molecule has 3 aromatic carbocycles. The van der Waals surface area contributed by atoms with Gasteiger partial charge < -0.3 is 19.3 Å². The Morgan fingerprint density at radius 2 is 1.70 bits per heavy atom. The van der Waals surface area contributed by atoms with Crippen molar-refractivity contribution in [3.8, 4) is 17.2 Å². The van der Waals surface area contributed by atoms with E-state index in [2.05, 4.69) is 21.8 Å². The number of benzene rings is 3. The maximum Gasteiger partial charge on any atom is 0.417 e. The number of nitrogens with zero attached hydrogens (tertiary/aromatic N) is 3. The number of pyridine rings is 1. The Bertz CT molecular complexity index is 1690. The summed E-state index contributed by atoms with van der Waals surface area (Å²) in [6.45, 7) is 5.67. The molecule has 43 heavy (non-hydrogen) atoms. The molecule has 1 saturated heterocycles. The molecule has 0 N–H and O–H groups in total. The average Bonchev–Trinajstić information content (AvgIpc) is 2.97. The van der Waals surface area contributed by atoms with Crippen LogP contribution in [-0.4, -0.2) is 69.6 Å². The van der Waals surface area contributed by atoms with Crippen LogP contribution in [0.5, 0.6) is 17.2 Å². The van der Waals surface area contributed by atoms with Gasteiger partial charge >= 0.3 is 6.18 Å². The molecular weight excluding hydrogens is 586 g/mol. The molecule has 5 rings (SSSR count). The fraction of sp³-hybridized carbons (Fsp3) is 0.323. The molecule has 1 aliphatic heterocycles. The number of sulfone groups is 1. The van der Waals surface area contributed by atoms with E-state index < -0.39 is 38.0 Å². The van der Waals surface area contributed by atoms with Crippen molar-refractivity contribution in [3.05, 3.63) is 89.9 Å². The molecule has 228 valence electrons. The summed E-state index contributed by atoms with van der Waals surface area (Å²) in [5, 5.41) is 0.592. The largest absolute Gasteiger partial charge is 0.494 e. The second-order valence-corrected chi connectivity index (χ2v) is 12.4. The summed E-state index contributed by atoms with van der Waals surface area (Å²) in [4.78, 5) is 8.20. The van der Waals surface area contributed by atoms with Crippen LogP contribution in [0.25, 0.3) is 10.9 Å². The predicted molar refractivity (Wildman–Crippen MR) is 155 cm³/mol. The van der Waals surface area contributed by atoms with Gasteiger partial charge in [0.25, 0.3) is 0 Å². The van der Waals surface area contributed by atoms with E-state index in [9.17, 15) is 21.6 Å². The van der Waals surface area contributed by atoms with Crippen LogP contribution in [0.4, 0.5) is 17.6 Å². The van der Waals surface area contributed by atoms with Gasteiger partial charge in [-0.1, -0.05) is 18.2 Å². The van der Waals surface area contributed by atoms with Gasteiger partial charge in [0.05, 0.1) is 28.3 Å². The molecule has 0 amide bonds. The van der Waals surface area contributed by atoms with E-state index in [4.69, 9.17) is 9.47 Å². The van der Waals surface area contributed by atoms with E-state index in [0.717, 1.165) is 57.3 Å². The highest BCUT2D eigenvalue weighted by atomic mass is 32.2. The zero-order chi connectivity index (χ0) is 30.6. The lowest BCUT2D eigenvalue weighted by atomic mass is 10.2. The van der Waals surface area contributed by atoms with Crippen molar-refractivity contribution >= 4 is 20.7 Å². The molecule has 0 unspecified atom stereocenters. The van der Waals surface area contributed by atoms with Crippen LogP contribution in [-0.2, 0) is 21.8 Å². The molecule has 1 fully saturated rings. The van der Waals surface area contributed by atoms with Crippen LogP contribution in [0.1, 0.15) is 17.5 Å². The Kier molecular flexibility index (Phi) is 9.19.